The molecule has 0 amide bonds. The lowest BCUT2D eigenvalue weighted by Gasteiger charge is -2.36. The van der Waals surface area contributed by atoms with Crippen molar-refractivity contribution in [2.45, 2.75) is 26.3 Å². The molecule has 4 aromatic heterocycles. The SMILES string of the molecule is CCC1c2nnc(C)n2-c2cnc(-n3ccnc3-c3ccc(F)cc3)nc2N1c1cnn(C)c1. The van der Waals surface area contributed by atoms with Crippen LogP contribution in [0.4, 0.5) is 15.9 Å². The highest BCUT2D eigenvalue weighted by Gasteiger charge is 2.36. The number of aryl methyl sites for hydroxylation is 2. The smallest absolute Gasteiger partial charge is 0.237 e. The first-order chi connectivity index (χ1) is 16.5. The highest BCUT2D eigenvalue weighted by Crippen LogP contribution is 2.43. The van der Waals surface area contributed by atoms with Crippen LogP contribution in [0.25, 0.3) is 23.0 Å². The standard InChI is InChI=1S/C23H21FN10/c1-4-18-22-30-29-14(2)33(22)19-12-26-23(28-21(19)34(18)17-11-27-31(3)13-17)32-10-9-25-20(32)15-5-7-16(24)8-6-15/h5-13,18H,4H2,1-3H3. The van der Waals surface area contributed by atoms with E-state index >= 15 is 0 Å². The predicted molar refractivity (Wildman–Crippen MR) is 123 cm³/mol. The zero-order chi connectivity index (χ0) is 23.4. The highest BCUT2D eigenvalue weighted by atomic mass is 19.1. The Balaban J connectivity index is 1.55. The number of hydrogen-bond donors (Lipinski definition) is 0. The molecule has 5 heterocycles. The number of aromatic nitrogens is 9. The Morgan fingerprint density at radius 2 is 1.88 bits per heavy atom. The maximum atomic E-state index is 13.5. The summed E-state index contributed by atoms with van der Waals surface area (Å²) in [6.07, 6.45) is 9.81. The van der Waals surface area contributed by atoms with Crippen molar-refractivity contribution in [3.8, 4) is 23.0 Å². The quantitative estimate of drug-likeness (QED) is 0.407. The van der Waals surface area contributed by atoms with Crippen LogP contribution in [0.5, 0.6) is 0 Å². The summed E-state index contributed by atoms with van der Waals surface area (Å²) in [6.45, 7) is 4.03. The van der Waals surface area contributed by atoms with Gasteiger partial charge in [-0.15, -0.1) is 10.2 Å². The molecule has 10 nitrogen and oxygen atoms in total. The summed E-state index contributed by atoms with van der Waals surface area (Å²) in [5, 5.41) is 13.2. The minimum atomic E-state index is -0.301. The van der Waals surface area contributed by atoms with Crippen LogP contribution in [-0.2, 0) is 7.05 Å². The third-order valence-corrected chi connectivity index (χ3v) is 5.98. The number of halogens is 1. The normalized spacial score (nSPS) is 14.8. The minimum Gasteiger partial charge on any atom is -0.311 e. The lowest BCUT2D eigenvalue weighted by atomic mass is 10.1. The van der Waals surface area contributed by atoms with Gasteiger partial charge in [0.25, 0.3) is 0 Å². The van der Waals surface area contributed by atoms with Crippen LogP contribution in [-0.4, -0.2) is 44.1 Å². The summed E-state index contributed by atoms with van der Waals surface area (Å²) in [5.41, 5.74) is 2.45. The van der Waals surface area contributed by atoms with E-state index < -0.39 is 0 Å². The van der Waals surface area contributed by atoms with Gasteiger partial charge in [-0.1, -0.05) is 6.92 Å². The van der Waals surface area contributed by atoms with Gasteiger partial charge in [0.1, 0.15) is 23.2 Å². The summed E-state index contributed by atoms with van der Waals surface area (Å²) in [6, 6.07) is 6.12. The molecule has 0 saturated carbocycles. The van der Waals surface area contributed by atoms with Crippen LogP contribution in [0.2, 0.25) is 0 Å². The van der Waals surface area contributed by atoms with E-state index in [0.717, 1.165) is 40.8 Å². The number of anilines is 2. The van der Waals surface area contributed by atoms with Crippen molar-refractivity contribution in [1.82, 2.24) is 44.1 Å². The van der Waals surface area contributed by atoms with E-state index in [-0.39, 0.29) is 11.9 Å². The molecule has 0 radical (unpaired) electrons. The topological polar surface area (TPSA) is 95.4 Å². The van der Waals surface area contributed by atoms with Crippen molar-refractivity contribution in [3.05, 3.63) is 72.7 Å². The van der Waals surface area contributed by atoms with Gasteiger partial charge in [-0.2, -0.15) is 10.1 Å². The molecule has 1 aliphatic heterocycles. The lowest BCUT2D eigenvalue weighted by Crippen LogP contribution is -2.32. The predicted octanol–water partition coefficient (Wildman–Crippen LogP) is 3.69. The van der Waals surface area contributed by atoms with Crippen molar-refractivity contribution in [3.63, 3.8) is 0 Å². The molecular formula is C23H21FN10. The molecule has 0 saturated heterocycles. The van der Waals surface area contributed by atoms with Crippen molar-refractivity contribution >= 4 is 11.5 Å². The van der Waals surface area contributed by atoms with E-state index in [0.29, 0.717) is 11.8 Å². The molecule has 0 aliphatic carbocycles. The van der Waals surface area contributed by atoms with E-state index in [2.05, 4.69) is 37.1 Å². The molecular weight excluding hydrogens is 435 g/mol. The second-order valence-electron chi connectivity index (χ2n) is 8.11. The Morgan fingerprint density at radius 3 is 2.62 bits per heavy atom. The Labute approximate surface area is 194 Å². The van der Waals surface area contributed by atoms with E-state index in [4.69, 9.17) is 4.98 Å². The molecule has 1 aliphatic rings. The molecule has 0 spiro atoms. The maximum absolute atomic E-state index is 13.5. The molecule has 0 N–H and O–H groups in total. The molecule has 170 valence electrons. The van der Waals surface area contributed by atoms with Crippen molar-refractivity contribution in [2.24, 2.45) is 7.05 Å². The van der Waals surface area contributed by atoms with Gasteiger partial charge in [-0.3, -0.25) is 13.8 Å². The summed E-state index contributed by atoms with van der Waals surface area (Å²) in [5.74, 6) is 3.10. The zero-order valence-corrected chi connectivity index (χ0v) is 18.8. The first-order valence-corrected chi connectivity index (χ1v) is 10.9. The number of nitrogens with zero attached hydrogens (tertiary/aromatic N) is 10. The molecule has 11 heteroatoms. The summed E-state index contributed by atoms with van der Waals surface area (Å²) in [4.78, 5) is 16.2. The average Bonchev–Trinajstić information content (AvgIpc) is 3.58. The largest absolute Gasteiger partial charge is 0.311 e. The summed E-state index contributed by atoms with van der Waals surface area (Å²) in [7, 11) is 1.88. The monoisotopic (exact) mass is 456 g/mol. The van der Waals surface area contributed by atoms with Crippen LogP contribution >= 0.6 is 0 Å². The second kappa shape index (κ2) is 7.58. The van der Waals surface area contributed by atoms with Gasteiger partial charge in [-0.05, 0) is 37.6 Å². The molecule has 34 heavy (non-hydrogen) atoms. The third-order valence-electron chi connectivity index (χ3n) is 5.98. The van der Waals surface area contributed by atoms with Gasteiger partial charge in [0.05, 0.1) is 24.1 Å². The van der Waals surface area contributed by atoms with E-state index in [1.807, 2.05) is 30.9 Å². The second-order valence-corrected chi connectivity index (χ2v) is 8.11. The van der Waals surface area contributed by atoms with Crippen LogP contribution in [0.3, 0.4) is 0 Å². The minimum absolute atomic E-state index is 0.0833. The van der Waals surface area contributed by atoms with Gasteiger partial charge >= 0.3 is 0 Å². The fourth-order valence-electron chi connectivity index (χ4n) is 4.44. The first kappa shape index (κ1) is 20.2. The van der Waals surface area contributed by atoms with Crippen LogP contribution in [0.15, 0.2) is 55.2 Å². The Morgan fingerprint density at radius 1 is 1.06 bits per heavy atom. The van der Waals surface area contributed by atoms with Crippen molar-refractivity contribution in [2.75, 3.05) is 4.90 Å². The molecule has 1 unspecified atom stereocenters. The lowest BCUT2D eigenvalue weighted by molar-refractivity contribution is 0.586. The number of hydrogen-bond acceptors (Lipinski definition) is 7. The van der Waals surface area contributed by atoms with Gasteiger partial charge in [0, 0.05) is 31.2 Å². The van der Waals surface area contributed by atoms with E-state index in [9.17, 15) is 4.39 Å². The van der Waals surface area contributed by atoms with Gasteiger partial charge in [0.2, 0.25) is 5.95 Å². The summed E-state index contributed by atoms with van der Waals surface area (Å²) < 4.78 is 19.0. The number of fused-ring (bicyclic) bond motifs is 3. The van der Waals surface area contributed by atoms with Gasteiger partial charge in [-0.25, -0.2) is 14.4 Å². The van der Waals surface area contributed by atoms with Crippen LogP contribution in [0.1, 0.15) is 31.0 Å². The van der Waals surface area contributed by atoms with Gasteiger partial charge < -0.3 is 4.90 Å². The average molecular weight is 456 g/mol. The molecule has 0 fully saturated rings. The Kier molecular flexibility index (Phi) is 4.51. The van der Waals surface area contributed by atoms with E-state index in [1.54, 1.807) is 40.0 Å². The summed E-state index contributed by atoms with van der Waals surface area (Å²) >= 11 is 0. The number of benzene rings is 1. The number of imidazole rings is 1. The van der Waals surface area contributed by atoms with Gasteiger partial charge in [0.15, 0.2) is 11.6 Å². The Hall–Kier alpha value is -4.41. The Bertz CT molecular complexity index is 1500. The highest BCUT2D eigenvalue weighted by molar-refractivity contribution is 5.71. The zero-order valence-electron chi connectivity index (χ0n) is 18.8. The molecule has 1 aromatic carbocycles. The van der Waals surface area contributed by atoms with Crippen molar-refractivity contribution < 1.29 is 4.39 Å². The molecule has 5 aromatic rings. The van der Waals surface area contributed by atoms with E-state index in [1.165, 1.54) is 12.1 Å². The fraction of sp³-hybridized carbons (Fsp3) is 0.217. The molecule has 1 atom stereocenters. The molecule has 6 rings (SSSR count). The third kappa shape index (κ3) is 3.00. The molecule has 0 bridgehead atoms. The number of rotatable bonds is 4. The maximum Gasteiger partial charge on any atom is 0.237 e. The van der Waals surface area contributed by atoms with Crippen LogP contribution < -0.4 is 4.90 Å². The van der Waals surface area contributed by atoms with Crippen LogP contribution in [0, 0.1) is 12.7 Å². The first-order valence-electron chi connectivity index (χ1n) is 10.9. The fourth-order valence-corrected chi connectivity index (χ4v) is 4.44. The van der Waals surface area contributed by atoms with Crippen molar-refractivity contribution in [1.29, 1.82) is 0 Å².